The lowest BCUT2D eigenvalue weighted by atomic mass is 10.2. The Kier molecular flexibility index (Phi) is 4.17. The molecule has 0 bridgehead atoms. The number of hydrogen-bond donors (Lipinski definition) is 1. The van der Waals surface area contributed by atoms with Crippen molar-refractivity contribution in [3.05, 3.63) is 11.4 Å². The number of nitrogens with zero attached hydrogens (tertiary/aromatic N) is 3. The number of nitrogens with one attached hydrogen (secondary N) is 1. The van der Waals surface area contributed by atoms with Crippen LogP contribution in [-0.4, -0.2) is 49.5 Å². The average molecular weight is 298 g/mol. The van der Waals surface area contributed by atoms with Gasteiger partial charge >= 0.3 is 0 Å². The average Bonchev–Trinajstić information content (AvgIpc) is 2.73. The van der Waals surface area contributed by atoms with Crippen molar-refractivity contribution in [3.8, 4) is 0 Å². The first kappa shape index (κ1) is 15.0. The molecule has 20 heavy (non-hydrogen) atoms. The minimum atomic E-state index is -2.89. The van der Waals surface area contributed by atoms with Gasteiger partial charge in [-0.05, 0) is 27.2 Å². The molecule has 1 fully saturated rings. The maximum absolute atomic E-state index is 11.6. The SMILES string of the molecule is CCNc1nc(C)nc(N(C)C2CCS(=O)(=O)C2)c1C. The van der Waals surface area contributed by atoms with E-state index in [1.165, 1.54) is 0 Å². The van der Waals surface area contributed by atoms with Gasteiger partial charge in [-0.25, -0.2) is 18.4 Å². The fraction of sp³-hybridized carbons (Fsp3) is 0.692. The van der Waals surface area contributed by atoms with Crippen molar-refractivity contribution in [2.75, 3.05) is 35.3 Å². The highest BCUT2D eigenvalue weighted by Gasteiger charge is 2.32. The van der Waals surface area contributed by atoms with Crippen LogP contribution in [0.25, 0.3) is 0 Å². The molecule has 0 aromatic carbocycles. The van der Waals surface area contributed by atoms with E-state index in [4.69, 9.17) is 0 Å². The van der Waals surface area contributed by atoms with Crippen LogP contribution in [-0.2, 0) is 9.84 Å². The molecule has 1 aliphatic rings. The molecule has 1 atom stereocenters. The molecule has 1 saturated heterocycles. The summed E-state index contributed by atoms with van der Waals surface area (Å²) in [4.78, 5) is 10.9. The molecule has 2 rings (SSSR count). The molecule has 0 radical (unpaired) electrons. The maximum Gasteiger partial charge on any atom is 0.152 e. The smallest absolute Gasteiger partial charge is 0.152 e. The van der Waals surface area contributed by atoms with Crippen molar-refractivity contribution >= 4 is 21.5 Å². The van der Waals surface area contributed by atoms with Crippen LogP contribution in [0.5, 0.6) is 0 Å². The van der Waals surface area contributed by atoms with Crippen molar-refractivity contribution in [2.45, 2.75) is 33.2 Å². The predicted molar refractivity (Wildman–Crippen MR) is 81.1 cm³/mol. The van der Waals surface area contributed by atoms with Crippen molar-refractivity contribution in [1.29, 1.82) is 0 Å². The fourth-order valence-corrected chi connectivity index (χ4v) is 4.32. The Labute approximate surface area is 120 Å². The number of anilines is 2. The van der Waals surface area contributed by atoms with Crippen molar-refractivity contribution < 1.29 is 8.42 Å². The van der Waals surface area contributed by atoms with E-state index in [0.29, 0.717) is 12.2 Å². The minimum Gasteiger partial charge on any atom is -0.370 e. The molecule has 1 aliphatic heterocycles. The highest BCUT2D eigenvalue weighted by molar-refractivity contribution is 7.91. The van der Waals surface area contributed by atoms with Crippen LogP contribution < -0.4 is 10.2 Å². The van der Waals surface area contributed by atoms with E-state index in [1.807, 2.05) is 32.7 Å². The minimum absolute atomic E-state index is 0.00229. The Morgan fingerprint density at radius 2 is 2.05 bits per heavy atom. The summed E-state index contributed by atoms with van der Waals surface area (Å²) in [5, 5.41) is 3.22. The van der Waals surface area contributed by atoms with Crippen molar-refractivity contribution in [2.24, 2.45) is 0 Å². The largest absolute Gasteiger partial charge is 0.370 e. The Morgan fingerprint density at radius 3 is 2.60 bits per heavy atom. The van der Waals surface area contributed by atoms with Crippen LogP contribution in [0.2, 0.25) is 0 Å². The summed E-state index contributed by atoms with van der Waals surface area (Å²) in [7, 11) is -0.980. The van der Waals surface area contributed by atoms with Crippen molar-refractivity contribution in [1.82, 2.24) is 9.97 Å². The Bertz CT molecular complexity index is 601. The Hall–Kier alpha value is -1.37. The molecule has 1 N–H and O–H groups in total. The molecule has 0 spiro atoms. The lowest BCUT2D eigenvalue weighted by Crippen LogP contribution is -2.34. The molecule has 0 saturated carbocycles. The number of aryl methyl sites for hydroxylation is 1. The third-order valence-electron chi connectivity index (χ3n) is 3.67. The van der Waals surface area contributed by atoms with Gasteiger partial charge in [-0.15, -0.1) is 0 Å². The van der Waals surface area contributed by atoms with E-state index >= 15 is 0 Å². The molecule has 0 amide bonds. The van der Waals surface area contributed by atoms with Gasteiger partial charge < -0.3 is 10.2 Å². The van der Waals surface area contributed by atoms with Crippen LogP contribution in [0, 0.1) is 13.8 Å². The summed E-state index contributed by atoms with van der Waals surface area (Å²) in [6.45, 7) is 6.62. The summed E-state index contributed by atoms with van der Waals surface area (Å²) >= 11 is 0. The molecule has 2 heterocycles. The fourth-order valence-electron chi connectivity index (χ4n) is 2.55. The van der Waals surface area contributed by atoms with Crippen LogP contribution in [0.4, 0.5) is 11.6 Å². The Balaban J connectivity index is 2.32. The highest BCUT2D eigenvalue weighted by atomic mass is 32.2. The zero-order valence-electron chi connectivity index (χ0n) is 12.5. The van der Waals surface area contributed by atoms with E-state index in [1.54, 1.807) is 0 Å². The molecule has 0 aliphatic carbocycles. The molecule has 1 aromatic rings. The van der Waals surface area contributed by atoms with E-state index < -0.39 is 9.84 Å². The molecular weight excluding hydrogens is 276 g/mol. The summed E-state index contributed by atoms with van der Waals surface area (Å²) in [6, 6.07) is 0.00229. The second-order valence-corrected chi connectivity index (χ2v) is 7.49. The molecule has 1 aromatic heterocycles. The number of aromatic nitrogens is 2. The normalized spacial score (nSPS) is 20.9. The number of sulfone groups is 1. The van der Waals surface area contributed by atoms with Crippen LogP contribution in [0.15, 0.2) is 0 Å². The third kappa shape index (κ3) is 3.03. The quantitative estimate of drug-likeness (QED) is 0.898. The topological polar surface area (TPSA) is 75.2 Å². The Morgan fingerprint density at radius 1 is 1.35 bits per heavy atom. The maximum atomic E-state index is 11.6. The third-order valence-corrected chi connectivity index (χ3v) is 5.42. The standard InChI is InChI=1S/C13H22N4O2S/c1-5-14-12-9(2)13(16-10(3)15-12)17(4)11-6-7-20(18,19)8-11/h11H,5-8H2,1-4H3,(H,14,15,16). The predicted octanol–water partition coefficient (Wildman–Crippen LogP) is 1.15. The first-order valence-corrected chi connectivity index (χ1v) is 8.68. The molecule has 7 heteroatoms. The number of hydrogen-bond acceptors (Lipinski definition) is 6. The first-order valence-electron chi connectivity index (χ1n) is 6.86. The highest BCUT2D eigenvalue weighted by Crippen LogP contribution is 2.27. The van der Waals surface area contributed by atoms with Gasteiger partial charge in [-0.3, -0.25) is 0 Å². The van der Waals surface area contributed by atoms with E-state index in [0.717, 1.165) is 23.7 Å². The summed E-state index contributed by atoms with van der Waals surface area (Å²) in [5.41, 5.74) is 0.962. The van der Waals surface area contributed by atoms with Gasteiger partial charge in [0, 0.05) is 25.2 Å². The van der Waals surface area contributed by atoms with Crippen molar-refractivity contribution in [3.63, 3.8) is 0 Å². The zero-order chi connectivity index (χ0) is 14.9. The molecule has 6 nitrogen and oxygen atoms in total. The summed E-state index contributed by atoms with van der Waals surface area (Å²) in [6.07, 6.45) is 0.665. The van der Waals surface area contributed by atoms with Crippen LogP contribution in [0.3, 0.4) is 0 Å². The lowest BCUT2D eigenvalue weighted by molar-refractivity contribution is 0.600. The van der Waals surface area contributed by atoms with Gasteiger partial charge in [-0.2, -0.15) is 0 Å². The lowest BCUT2D eigenvalue weighted by Gasteiger charge is -2.27. The first-order chi connectivity index (χ1) is 9.34. The summed E-state index contributed by atoms with van der Waals surface area (Å²) in [5.74, 6) is 2.81. The molecule has 1 unspecified atom stereocenters. The number of rotatable bonds is 4. The van der Waals surface area contributed by atoms with E-state index in [9.17, 15) is 8.42 Å². The van der Waals surface area contributed by atoms with Gasteiger partial charge in [0.2, 0.25) is 0 Å². The van der Waals surface area contributed by atoms with E-state index in [-0.39, 0.29) is 17.5 Å². The summed E-state index contributed by atoms with van der Waals surface area (Å²) < 4.78 is 23.3. The van der Waals surface area contributed by atoms with Gasteiger partial charge in [0.05, 0.1) is 11.5 Å². The molecular formula is C13H22N4O2S. The van der Waals surface area contributed by atoms with Gasteiger partial charge in [0.25, 0.3) is 0 Å². The monoisotopic (exact) mass is 298 g/mol. The van der Waals surface area contributed by atoms with Gasteiger partial charge in [0.15, 0.2) is 9.84 Å². The second kappa shape index (κ2) is 5.55. The second-order valence-electron chi connectivity index (χ2n) is 5.27. The zero-order valence-corrected chi connectivity index (χ0v) is 13.3. The van der Waals surface area contributed by atoms with Crippen LogP contribution in [0.1, 0.15) is 24.7 Å². The van der Waals surface area contributed by atoms with Crippen LogP contribution >= 0.6 is 0 Å². The molecule has 112 valence electrons. The van der Waals surface area contributed by atoms with E-state index in [2.05, 4.69) is 15.3 Å². The van der Waals surface area contributed by atoms with Gasteiger partial charge in [-0.1, -0.05) is 0 Å². The van der Waals surface area contributed by atoms with Gasteiger partial charge in [0.1, 0.15) is 17.5 Å².